The molecule has 1 amide bonds. The number of esters is 1. The molecule has 0 aromatic carbocycles. The summed E-state index contributed by atoms with van der Waals surface area (Å²) >= 11 is 0. The lowest BCUT2D eigenvalue weighted by molar-refractivity contribution is -0.146. The molecule has 6 heteroatoms. The minimum absolute atomic E-state index is 0.165. The predicted molar refractivity (Wildman–Crippen MR) is 53.1 cm³/mol. The number of carbonyl (C=O) groups excluding carboxylic acids is 1. The Morgan fingerprint density at radius 3 is 2.67 bits per heavy atom. The number of carboxylic acid groups (broad SMARTS) is 1. The number of carbonyl (C=O) groups is 2. The summed E-state index contributed by atoms with van der Waals surface area (Å²) in [5, 5.41) is 8.22. The first-order valence-corrected chi connectivity index (χ1v) is 4.59. The van der Waals surface area contributed by atoms with Crippen molar-refractivity contribution in [2.45, 2.75) is 13.8 Å². The number of ether oxygens (including phenoxy) is 2. The van der Waals surface area contributed by atoms with Crippen molar-refractivity contribution >= 4 is 18.3 Å². The zero-order valence-corrected chi connectivity index (χ0v) is 8.80. The number of hydrogen-bond acceptors (Lipinski definition) is 4. The molecule has 0 fully saturated rings. The van der Waals surface area contributed by atoms with Crippen LogP contribution in [0.25, 0.3) is 0 Å². The molecule has 1 unspecified atom stereocenters. The Morgan fingerprint density at radius 1 is 1.47 bits per heavy atom. The van der Waals surface area contributed by atoms with Crippen LogP contribution in [0, 0.1) is 5.92 Å². The van der Waals surface area contributed by atoms with Crippen molar-refractivity contribution < 1.29 is 24.2 Å². The minimum Gasteiger partial charge on any atom is -0.463 e. The molecule has 0 aliphatic rings. The maximum absolute atomic E-state index is 11.2. The Kier molecular flexibility index (Phi) is 7.17. The molecular weight excluding hydrogens is 202 g/mol. The van der Waals surface area contributed by atoms with Crippen molar-refractivity contribution in [1.82, 2.24) is 0 Å². The lowest BCUT2D eigenvalue weighted by atomic mass is 10.2. The van der Waals surface area contributed by atoms with Crippen LogP contribution in [-0.4, -0.2) is 43.2 Å². The maximum atomic E-state index is 11.2. The summed E-state index contributed by atoms with van der Waals surface area (Å²) in [6.45, 7) is 4.41. The number of nitrogens with zero attached hydrogens (tertiary/aromatic N) is 1. The van der Waals surface area contributed by atoms with Crippen LogP contribution in [-0.2, 0) is 14.3 Å². The van der Waals surface area contributed by atoms with Crippen LogP contribution in [0.2, 0.25) is 0 Å². The number of aliphatic imine (C=N–C) groups is 1. The van der Waals surface area contributed by atoms with Gasteiger partial charge in [0.05, 0.1) is 12.5 Å². The van der Waals surface area contributed by atoms with Gasteiger partial charge in [-0.2, -0.15) is 4.99 Å². The third-order valence-electron chi connectivity index (χ3n) is 1.46. The Bertz CT molecular complexity index is 239. The molecule has 0 aliphatic carbocycles. The van der Waals surface area contributed by atoms with Gasteiger partial charge in [0.2, 0.25) is 0 Å². The van der Waals surface area contributed by atoms with E-state index in [1.807, 2.05) is 6.92 Å². The van der Waals surface area contributed by atoms with E-state index in [4.69, 9.17) is 14.6 Å². The smallest absolute Gasteiger partial charge is 0.430 e. The number of rotatable bonds is 6. The second kappa shape index (κ2) is 7.93. The zero-order chi connectivity index (χ0) is 11.7. The van der Waals surface area contributed by atoms with Crippen molar-refractivity contribution in [3.63, 3.8) is 0 Å². The van der Waals surface area contributed by atoms with E-state index in [2.05, 4.69) is 4.99 Å². The SMILES string of the molecule is CCOCCOC(=O)C(C)C=NC(=O)O. The van der Waals surface area contributed by atoms with Crippen molar-refractivity contribution in [3.05, 3.63) is 0 Å². The molecule has 0 heterocycles. The van der Waals surface area contributed by atoms with Crippen LogP contribution >= 0.6 is 0 Å². The average Bonchev–Trinajstić information content (AvgIpc) is 2.20. The van der Waals surface area contributed by atoms with Crippen molar-refractivity contribution in [2.24, 2.45) is 10.9 Å². The first-order chi connectivity index (χ1) is 7.07. The van der Waals surface area contributed by atoms with Crippen molar-refractivity contribution in [1.29, 1.82) is 0 Å². The van der Waals surface area contributed by atoms with Gasteiger partial charge >= 0.3 is 12.1 Å². The Balaban J connectivity index is 3.74. The summed E-state index contributed by atoms with van der Waals surface area (Å²) in [4.78, 5) is 24.3. The molecule has 0 spiro atoms. The van der Waals surface area contributed by atoms with Gasteiger partial charge in [-0.15, -0.1) is 0 Å². The van der Waals surface area contributed by atoms with E-state index in [0.29, 0.717) is 13.2 Å². The first kappa shape index (κ1) is 13.6. The van der Waals surface area contributed by atoms with Gasteiger partial charge in [-0.1, -0.05) is 0 Å². The van der Waals surface area contributed by atoms with Crippen molar-refractivity contribution in [3.8, 4) is 0 Å². The van der Waals surface area contributed by atoms with Crippen LogP contribution in [0.5, 0.6) is 0 Å². The molecule has 0 aromatic heterocycles. The summed E-state index contributed by atoms with van der Waals surface area (Å²) in [7, 11) is 0. The predicted octanol–water partition coefficient (Wildman–Crippen LogP) is 0.951. The van der Waals surface area contributed by atoms with Gasteiger partial charge in [0.15, 0.2) is 0 Å². The largest absolute Gasteiger partial charge is 0.463 e. The summed E-state index contributed by atoms with van der Waals surface area (Å²) in [6.07, 6.45) is -0.297. The maximum Gasteiger partial charge on any atom is 0.430 e. The monoisotopic (exact) mass is 217 g/mol. The van der Waals surface area contributed by atoms with Gasteiger partial charge in [0.1, 0.15) is 6.61 Å². The van der Waals surface area contributed by atoms with E-state index in [0.717, 1.165) is 6.21 Å². The van der Waals surface area contributed by atoms with E-state index in [9.17, 15) is 9.59 Å². The first-order valence-electron chi connectivity index (χ1n) is 4.59. The lowest BCUT2D eigenvalue weighted by Crippen LogP contribution is -2.18. The van der Waals surface area contributed by atoms with Crippen LogP contribution in [0.4, 0.5) is 4.79 Å². The third kappa shape index (κ3) is 7.63. The molecule has 15 heavy (non-hydrogen) atoms. The van der Waals surface area contributed by atoms with Gasteiger partial charge in [0, 0.05) is 12.8 Å². The fourth-order valence-corrected chi connectivity index (χ4v) is 0.713. The fraction of sp³-hybridized carbons (Fsp3) is 0.667. The summed E-state index contributed by atoms with van der Waals surface area (Å²) in [6, 6.07) is 0. The van der Waals surface area contributed by atoms with E-state index in [1.54, 1.807) is 0 Å². The molecular formula is C9H15NO5. The Hall–Kier alpha value is -1.43. The van der Waals surface area contributed by atoms with E-state index in [-0.39, 0.29) is 6.61 Å². The molecule has 6 nitrogen and oxygen atoms in total. The van der Waals surface area contributed by atoms with Gasteiger partial charge < -0.3 is 14.6 Å². The Labute approximate surface area is 87.9 Å². The van der Waals surface area contributed by atoms with Gasteiger partial charge in [-0.05, 0) is 13.8 Å². The number of hydrogen-bond donors (Lipinski definition) is 1. The van der Waals surface area contributed by atoms with Crippen LogP contribution < -0.4 is 0 Å². The molecule has 0 rings (SSSR count). The molecule has 1 N–H and O–H groups in total. The highest BCUT2D eigenvalue weighted by molar-refractivity contribution is 5.92. The average molecular weight is 217 g/mol. The lowest BCUT2D eigenvalue weighted by Gasteiger charge is -2.06. The normalized spacial score (nSPS) is 12.7. The fourth-order valence-electron chi connectivity index (χ4n) is 0.713. The zero-order valence-electron chi connectivity index (χ0n) is 8.80. The highest BCUT2D eigenvalue weighted by atomic mass is 16.6. The molecule has 0 aliphatic heterocycles. The molecule has 86 valence electrons. The highest BCUT2D eigenvalue weighted by Crippen LogP contribution is 1.95. The van der Waals surface area contributed by atoms with E-state index < -0.39 is 18.0 Å². The molecule has 0 saturated heterocycles. The van der Waals surface area contributed by atoms with E-state index >= 15 is 0 Å². The second-order valence-electron chi connectivity index (χ2n) is 2.71. The second-order valence-corrected chi connectivity index (χ2v) is 2.71. The molecule has 0 radical (unpaired) electrons. The molecule has 0 saturated carbocycles. The van der Waals surface area contributed by atoms with Crippen LogP contribution in [0.1, 0.15) is 13.8 Å². The third-order valence-corrected chi connectivity index (χ3v) is 1.46. The summed E-state index contributed by atoms with van der Waals surface area (Å²) in [5.74, 6) is -1.18. The van der Waals surface area contributed by atoms with Gasteiger partial charge in [-0.25, -0.2) is 4.79 Å². The minimum atomic E-state index is -1.33. The van der Waals surface area contributed by atoms with Gasteiger partial charge in [0.25, 0.3) is 0 Å². The summed E-state index contributed by atoms with van der Waals surface area (Å²) in [5.41, 5.74) is 0. The number of amides is 1. The van der Waals surface area contributed by atoms with Crippen molar-refractivity contribution in [2.75, 3.05) is 19.8 Å². The summed E-state index contributed by atoms with van der Waals surface area (Å²) < 4.78 is 9.75. The quantitative estimate of drug-likeness (QED) is 0.406. The molecule has 0 aromatic rings. The molecule has 1 atom stereocenters. The van der Waals surface area contributed by atoms with Gasteiger partial charge in [-0.3, -0.25) is 4.79 Å². The van der Waals surface area contributed by atoms with E-state index in [1.165, 1.54) is 6.92 Å². The molecule has 0 bridgehead atoms. The highest BCUT2D eigenvalue weighted by Gasteiger charge is 2.11. The van der Waals surface area contributed by atoms with Crippen LogP contribution in [0.3, 0.4) is 0 Å². The Morgan fingerprint density at radius 2 is 2.13 bits per heavy atom. The van der Waals surface area contributed by atoms with Crippen LogP contribution in [0.15, 0.2) is 4.99 Å². The topological polar surface area (TPSA) is 85.2 Å². The standard InChI is InChI=1S/C9H15NO5/c1-3-14-4-5-15-8(11)7(2)6-10-9(12)13/h6-7H,3-5H2,1-2H3,(H,12,13).